The molecule has 0 aromatic carbocycles. The maximum Gasteiger partial charge on any atom is 0.191 e. The molecule has 96 valence electrons. The lowest BCUT2D eigenvalue weighted by Gasteiger charge is -2.14. The van der Waals surface area contributed by atoms with Crippen molar-refractivity contribution in [2.24, 2.45) is 7.05 Å². The molecular weight excluding hydrogens is 236 g/mol. The lowest BCUT2D eigenvalue weighted by molar-refractivity contribution is 0.110. The van der Waals surface area contributed by atoms with E-state index in [2.05, 4.69) is 22.4 Å². The van der Waals surface area contributed by atoms with Crippen LogP contribution in [0.2, 0.25) is 0 Å². The Labute approximate surface area is 106 Å². The predicted molar refractivity (Wildman–Crippen MR) is 68.2 cm³/mol. The second kappa shape index (κ2) is 6.37. The number of hydrogen-bond acceptors (Lipinski definition) is 5. The summed E-state index contributed by atoms with van der Waals surface area (Å²) in [4.78, 5) is 0. The Morgan fingerprint density at radius 3 is 3.24 bits per heavy atom. The van der Waals surface area contributed by atoms with Crippen LogP contribution in [0.3, 0.4) is 0 Å². The fraction of sp³-hybridized carbons (Fsp3) is 0.818. The highest BCUT2D eigenvalue weighted by atomic mass is 32.2. The number of rotatable bonds is 6. The van der Waals surface area contributed by atoms with Crippen molar-refractivity contribution in [2.45, 2.75) is 36.3 Å². The molecule has 1 aromatic rings. The van der Waals surface area contributed by atoms with Crippen LogP contribution < -0.4 is 5.32 Å². The van der Waals surface area contributed by atoms with Crippen molar-refractivity contribution < 1.29 is 4.74 Å². The second-order valence-electron chi connectivity index (χ2n) is 4.45. The molecule has 1 fully saturated rings. The van der Waals surface area contributed by atoms with E-state index in [1.807, 2.05) is 11.6 Å². The van der Waals surface area contributed by atoms with E-state index < -0.39 is 0 Å². The Kier molecular flexibility index (Phi) is 4.82. The van der Waals surface area contributed by atoms with Gasteiger partial charge in [0.05, 0.1) is 6.10 Å². The fourth-order valence-corrected chi connectivity index (χ4v) is 2.72. The molecular formula is C11H20N4OS. The van der Waals surface area contributed by atoms with E-state index in [-0.39, 0.29) is 0 Å². The fourth-order valence-electron chi connectivity index (χ4n) is 1.85. The van der Waals surface area contributed by atoms with Crippen molar-refractivity contribution in [1.82, 2.24) is 20.1 Å². The zero-order valence-corrected chi connectivity index (χ0v) is 11.2. The van der Waals surface area contributed by atoms with Crippen molar-refractivity contribution >= 4 is 11.8 Å². The lowest BCUT2D eigenvalue weighted by atomic mass is 10.2. The Balaban J connectivity index is 1.63. The van der Waals surface area contributed by atoms with Gasteiger partial charge in [-0.3, -0.25) is 0 Å². The number of aryl methyl sites for hydroxylation is 1. The maximum atomic E-state index is 5.56. The van der Waals surface area contributed by atoms with Crippen molar-refractivity contribution in [3.8, 4) is 0 Å². The summed E-state index contributed by atoms with van der Waals surface area (Å²) in [6.45, 7) is 5.05. The number of ether oxygens (including phenoxy) is 1. The first kappa shape index (κ1) is 12.9. The van der Waals surface area contributed by atoms with Gasteiger partial charge < -0.3 is 14.6 Å². The number of hydrogen-bond donors (Lipinski definition) is 1. The van der Waals surface area contributed by atoms with Crippen LogP contribution in [0.25, 0.3) is 0 Å². The minimum atomic E-state index is 0.419. The van der Waals surface area contributed by atoms with Gasteiger partial charge in [-0.25, -0.2) is 0 Å². The van der Waals surface area contributed by atoms with Gasteiger partial charge in [0, 0.05) is 32.0 Å². The second-order valence-corrected chi connectivity index (χ2v) is 5.85. The van der Waals surface area contributed by atoms with E-state index in [1.54, 1.807) is 18.1 Å². The molecule has 0 amide bonds. The van der Waals surface area contributed by atoms with Crippen molar-refractivity contribution in [1.29, 1.82) is 0 Å². The Morgan fingerprint density at radius 1 is 1.71 bits per heavy atom. The molecule has 0 aliphatic carbocycles. The largest absolute Gasteiger partial charge is 0.377 e. The van der Waals surface area contributed by atoms with Crippen LogP contribution in [0.1, 0.15) is 19.8 Å². The van der Waals surface area contributed by atoms with Gasteiger partial charge in [-0.05, 0) is 12.8 Å². The molecule has 1 aliphatic heterocycles. The number of thioether (sulfide) groups is 1. The minimum absolute atomic E-state index is 0.419. The highest BCUT2D eigenvalue weighted by molar-refractivity contribution is 7.99. The van der Waals surface area contributed by atoms with E-state index in [9.17, 15) is 0 Å². The smallest absolute Gasteiger partial charge is 0.191 e. The first-order valence-electron chi connectivity index (χ1n) is 6.08. The lowest BCUT2D eigenvalue weighted by Crippen LogP contribution is -2.30. The van der Waals surface area contributed by atoms with Gasteiger partial charge in [0.25, 0.3) is 0 Å². The van der Waals surface area contributed by atoms with Gasteiger partial charge in [-0.1, -0.05) is 18.7 Å². The molecule has 1 aliphatic rings. The summed E-state index contributed by atoms with van der Waals surface area (Å²) in [7, 11) is 1.97. The summed E-state index contributed by atoms with van der Waals surface area (Å²) >= 11 is 1.75. The van der Waals surface area contributed by atoms with Crippen LogP contribution >= 0.6 is 11.8 Å². The number of aromatic nitrogens is 3. The van der Waals surface area contributed by atoms with Gasteiger partial charge in [-0.15, -0.1) is 10.2 Å². The third kappa shape index (κ3) is 3.97. The monoisotopic (exact) mass is 256 g/mol. The number of nitrogens with one attached hydrogen (secondary N) is 1. The molecule has 2 unspecified atom stereocenters. The first-order valence-corrected chi connectivity index (χ1v) is 6.96. The average Bonchev–Trinajstić information content (AvgIpc) is 2.92. The molecule has 6 heteroatoms. The highest BCUT2D eigenvalue weighted by Gasteiger charge is 2.15. The van der Waals surface area contributed by atoms with Crippen LogP contribution in [0.15, 0.2) is 11.5 Å². The summed E-state index contributed by atoms with van der Waals surface area (Å²) in [5.74, 6) is 0. The van der Waals surface area contributed by atoms with Crippen LogP contribution in [0.4, 0.5) is 0 Å². The summed E-state index contributed by atoms with van der Waals surface area (Å²) in [5, 5.41) is 12.8. The molecule has 5 nitrogen and oxygen atoms in total. The third-order valence-corrected chi connectivity index (χ3v) is 3.95. The van der Waals surface area contributed by atoms with E-state index in [0.29, 0.717) is 11.4 Å². The molecule has 0 saturated carbocycles. The Bertz CT molecular complexity index is 338. The van der Waals surface area contributed by atoms with Crippen molar-refractivity contribution in [3.05, 3.63) is 6.33 Å². The topological polar surface area (TPSA) is 52.0 Å². The molecule has 2 atom stereocenters. The molecule has 0 spiro atoms. The third-order valence-electron chi connectivity index (χ3n) is 2.80. The predicted octanol–water partition coefficient (Wildman–Crippen LogP) is 1.06. The standard InChI is InChI=1S/C11H20N4OS/c1-9(17-11-14-13-8-15(11)2)6-12-7-10-4-3-5-16-10/h8-10,12H,3-7H2,1-2H3. The van der Waals surface area contributed by atoms with Gasteiger partial charge in [0.2, 0.25) is 0 Å². The number of nitrogens with zero attached hydrogens (tertiary/aromatic N) is 3. The van der Waals surface area contributed by atoms with Gasteiger partial charge >= 0.3 is 0 Å². The van der Waals surface area contributed by atoms with Gasteiger partial charge in [-0.2, -0.15) is 0 Å². The van der Waals surface area contributed by atoms with Gasteiger partial charge in [0.1, 0.15) is 6.33 Å². The van der Waals surface area contributed by atoms with Crippen LogP contribution in [-0.2, 0) is 11.8 Å². The molecule has 17 heavy (non-hydrogen) atoms. The molecule has 1 N–H and O–H groups in total. The van der Waals surface area contributed by atoms with Crippen LogP contribution in [0.5, 0.6) is 0 Å². The van der Waals surface area contributed by atoms with E-state index in [1.165, 1.54) is 12.8 Å². The quantitative estimate of drug-likeness (QED) is 0.771. The van der Waals surface area contributed by atoms with Crippen LogP contribution in [0, 0.1) is 0 Å². The van der Waals surface area contributed by atoms with E-state index in [4.69, 9.17) is 4.74 Å². The van der Waals surface area contributed by atoms with E-state index in [0.717, 1.165) is 24.9 Å². The molecule has 1 aromatic heterocycles. The zero-order valence-electron chi connectivity index (χ0n) is 10.4. The first-order chi connectivity index (χ1) is 8.25. The van der Waals surface area contributed by atoms with E-state index >= 15 is 0 Å². The molecule has 0 bridgehead atoms. The normalized spacial score (nSPS) is 21.9. The van der Waals surface area contributed by atoms with Crippen LogP contribution in [-0.4, -0.2) is 45.8 Å². The zero-order chi connectivity index (χ0) is 12.1. The maximum absolute atomic E-state index is 5.56. The Morgan fingerprint density at radius 2 is 2.59 bits per heavy atom. The summed E-state index contributed by atoms with van der Waals surface area (Å²) in [6.07, 6.45) is 4.55. The summed E-state index contributed by atoms with van der Waals surface area (Å²) in [5.41, 5.74) is 0. The SMILES string of the molecule is CC(CNCC1CCCO1)Sc1nncn1C. The average molecular weight is 256 g/mol. The Hall–Kier alpha value is -0.590. The minimum Gasteiger partial charge on any atom is -0.377 e. The summed E-state index contributed by atoms with van der Waals surface area (Å²) < 4.78 is 7.51. The molecule has 2 heterocycles. The highest BCUT2D eigenvalue weighted by Crippen LogP contribution is 2.19. The summed E-state index contributed by atoms with van der Waals surface area (Å²) in [6, 6.07) is 0. The molecule has 1 saturated heterocycles. The molecule has 0 radical (unpaired) electrons. The molecule has 2 rings (SSSR count). The van der Waals surface area contributed by atoms with Crippen molar-refractivity contribution in [2.75, 3.05) is 19.7 Å². The van der Waals surface area contributed by atoms with Gasteiger partial charge in [0.15, 0.2) is 5.16 Å². The van der Waals surface area contributed by atoms with Crippen molar-refractivity contribution in [3.63, 3.8) is 0 Å².